The molecule has 2 saturated heterocycles. The molecule has 2 unspecified atom stereocenters. The van der Waals surface area contributed by atoms with Crippen LogP contribution >= 0.6 is 22.7 Å². The third-order valence-electron chi connectivity index (χ3n) is 21.0. The molecule has 0 aliphatic carbocycles. The number of aryl methyl sites for hydroxylation is 4. The molecule has 43 heteroatoms. The zero-order valence-electron chi connectivity index (χ0n) is 81.2. The van der Waals surface area contributed by atoms with Gasteiger partial charge in [-0.3, -0.25) is 29.8 Å². The van der Waals surface area contributed by atoms with Crippen molar-refractivity contribution in [1.29, 1.82) is 0 Å². The molecule has 2 aliphatic rings. The number of amides is 8. The molecule has 0 bridgehead atoms. The SMILES string of the molecule is C[n+]1cc(-c2ccc(OC(CO/N=C(\C(=O)N[C@@H]3C(=O)N(OS(=O)(=O)ON4C(=O)[C@@H](NC(=O)/C(=N\OCC(Oc5ccc(-c6cn(CCCNC(=O)OC(C)(C)C)[n+](C)c6)cc5)C(=O)OC(c5ccccc5)c5ccccc5)c5csc(NC(=O)OC(C)(C)C)n5)C4(C)C)C3(C)C)c3csc(NC(=O)OC(C)(C)C)n3)C(=O)OC(c3ccccc3)c3ccccc3)cc2)cn1CCCNC(=O)OC(C)(C)C. The number of anilines is 2. The minimum atomic E-state index is -5.54. The van der Waals surface area contributed by atoms with Gasteiger partial charge in [0, 0.05) is 23.8 Å². The van der Waals surface area contributed by atoms with E-state index in [1.165, 1.54) is 38.5 Å². The molecule has 2 aliphatic heterocycles. The van der Waals surface area contributed by atoms with Gasteiger partial charge in [-0.25, -0.2) is 38.7 Å². The second-order valence-corrected chi connectivity index (χ2v) is 40.6. The summed E-state index contributed by atoms with van der Waals surface area (Å²) < 4.78 is 93.7. The van der Waals surface area contributed by atoms with Crippen LogP contribution in [-0.2, 0) is 113 Å². The number of rotatable bonds is 40. The molecular formula is C98H116N16O24S3+2. The van der Waals surface area contributed by atoms with E-state index in [1.54, 1.807) is 253 Å². The van der Waals surface area contributed by atoms with Crippen LogP contribution in [0.25, 0.3) is 22.3 Å². The number of aromatic nitrogens is 6. The second-order valence-electron chi connectivity index (χ2n) is 37.7. The van der Waals surface area contributed by atoms with Crippen LogP contribution in [0.3, 0.4) is 0 Å². The number of benzene rings is 6. The maximum atomic E-state index is 14.9. The zero-order chi connectivity index (χ0) is 102. The first kappa shape index (κ1) is 105. The Kier molecular flexibility index (Phi) is 33.6. The minimum Gasteiger partial charge on any atom is -0.475 e. The second kappa shape index (κ2) is 45.1. The highest BCUT2D eigenvalue weighted by atomic mass is 32.3. The Morgan fingerprint density at radius 2 is 0.759 bits per heavy atom. The van der Waals surface area contributed by atoms with Crippen LogP contribution in [0.4, 0.5) is 29.4 Å². The Balaban J connectivity index is 0.748. The molecule has 40 nitrogen and oxygen atoms in total. The number of nitrogens with one attached hydrogen (secondary N) is 6. The van der Waals surface area contributed by atoms with Crippen LogP contribution in [0, 0.1) is 0 Å². The lowest BCUT2D eigenvalue weighted by molar-refractivity contribution is -0.753. The van der Waals surface area contributed by atoms with E-state index in [1.807, 2.05) is 57.6 Å². The van der Waals surface area contributed by atoms with Crippen LogP contribution in [0.5, 0.6) is 11.5 Å². The van der Waals surface area contributed by atoms with Crippen molar-refractivity contribution in [2.75, 3.05) is 36.9 Å². The molecule has 6 heterocycles. The molecule has 748 valence electrons. The third kappa shape index (κ3) is 29.2. The number of hydrogen-bond donors (Lipinski definition) is 6. The molecule has 0 saturated carbocycles. The average molecular weight is 2000 g/mol. The molecule has 141 heavy (non-hydrogen) atoms. The maximum absolute atomic E-state index is 14.9. The van der Waals surface area contributed by atoms with Gasteiger partial charge in [0.05, 0.1) is 47.7 Å². The van der Waals surface area contributed by atoms with E-state index < -0.39 is 165 Å². The highest BCUT2D eigenvalue weighted by Crippen LogP contribution is 2.39. The summed E-state index contributed by atoms with van der Waals surface area (Å²) in [6, 6.07) is 46.1. The van der Waals surface area contributed by atoms with Gasteiger partial charge in [-0.1, -0.05) is 156 Å². The lowest BCUT2D eigenvalue weighted by atomic mass is 9.84. The maximum Gasteiger partial charge on any atom is 0.442 e. The molecular weight excluding hydrogens is 1880 g/mol. The van der Waals surface area contributed by atoms with Crippen molar-refractivity contribution in [3.63, 3.8) is 0 Å². The quantitative estimate of drug-likeness (QED) is 0.00395. The van der Waals surface area contributed by atoms with Crippen molar-refractivity contribution in [2.24, 2.45) is 24.4 Å². The van der Waals surface area contributed by atoms with Crippen molar-refractivity contribution in [3.8, 4) is 33.8 Å². The molecule has 2 fully saturated rings. The molecule has 8 amide bonds. The molecule has 6 N–H and O–H groups in total. The van der Waals surface area contributed by atoms with E-state index in [4.69, 9.17) is 56.1 Å². The standard InChI is InChI=1S/C98H114N16O24S3/c1-93(2,3)133-89(121)99-49-31-51-111-55-67(53-109(111)17)61-41-45-69(46-42-61)129-73(85(119)131-77(63-33-23-19-24-34-63)64-35-25-20-26-36-64)57-127-107-75(71-59-139-87(101-71)105-91(123)135-95(7,8)9)81(115)103-79-83(117)113(97(79,13)14)137-141(125,126)138-114-84(118)80(98(114,15)16)104-82(116)76(72-60-140-88(102-72)106-92(124)136-96(10,11)12)108-128-58-74(86(120)132-78(65-37-27-21-28-38-65)66-39-29-22-30-40-66)130-70-47-43-62(44-48-70)68-54-110(18)112(56-68)52-32-50-100-90(122)134-94(4,5)6/h19-30,33-48,53-56,59-60,73-74,77-80H,31-32,49-52,57-58H2,1-18H3,(H4-2,99,100,101,102,103,104,105,106,115,116,121,122,123,124)/p+2/b107-75-,108-76-/t73?,74?,79-,80-/m1/s1. The van der Waals surface area contributed by atoms with Gasteiger partial charge in [0.1, 0.15) is 57.4 Å². The normalized spacial score (nSPS) is 15.3. The lowest BCUT2D eigenvalue weighted by Gasteiger charge is -2.52. The molecule has 4 atom stereocenters. The first-order valence-electron chi connectivity index (χ1n) is 45.0. The summed E-state index contributed by atoms with van der Waals surface area (Å²) in [5.41, 5.74) is -2.96. The van der Waals surface area contributed by atoms with Crippen LogP contribution in [-0.4, -0.2) is 193 Å². The fraction of sp³-hybridized carbons (Fsp3) is 0.388. The summed E-state index contributed by atoms with van der Waals surface area (Å²) in [7, 11) is -1.79. The topological polar surface area (TPSA) is 462 Å². The Morgan fingerprint density at radius 3 is 1.06 bits per heavy atom. The predicted molar refractivity (Wildman–Crippen MR) is 516 cm³/mol. The lowest BCUT2D eigenvalue weighted by Crippen LogP contribution is -2.78. The molecule has 4 aromatic heterocycles. The van der Waals surface area contributed by atoms with Crippen LogP contribution in [0.1, 0.15) is 169 Å². The van der Waals surface area contributed by atoms with Gasteiger partial charge < -0.3 is 68.8 Å². The van der Waals surface area contributed by atoms with Crippen LogP contribution in [0.15, 0.2) is 216 Å². The van der Waals surface area contributed by atoms with Crippen LogP contribution in [0.2, 0.25) is 0 Å². The summed E-state index contributed by atoms with van der Waals surface area (Å²) in [6.45, 7) is 26.2. The third-order valence-corrected chi connectivity index (χ3v) is 23.2. The Morgan fingerprint density at radius 1 is 0.447 bits per heavy atom. The van der Waals surface area contributed by atoms with E-state index in [2.05, 4.69) is 52.2 Å². The van der Waals surface area contributed by atoms with Gasteiger partial charge in [-0.15, -0.1) is 40.6 Å². The number of carbonyl (C=O) groups is 10. The summed E-state index contributed by atoms with van der Waals surface area (Å²) >= 11 is 1.68. The van der Waals surface area contributed by atoms with Gasteiger partial charge in [0.15, 0.2) is 61.2 Å². The molecule has 12 rings (SSSR count). The number of ether oxygens (including phenoxy) is 8. The molecule has 10 aromatic rings. The number of β-lactam (4-membered cyclic amide) rings is 2. The summed E-state index contributed by atoms with van der Waals surface area (Å²) in [5, 5.41) is 27.2. The number of hydroxylamine groups is 4. The Labute approximate surface area is 823 Å². The highest BCUT2D eigenvalue weighted by molar-refractivity contribution is 7.81. The van der Waals surface area contributed by atoms with Crippen molar-refractivity contribution in [2.45, 2.75) is 207 Å². The fourth-order valence-corrected chi connectivity index (χ4v) is 16.5. The van der Waals surface area contributed by atoms with Gasteiger partial charge >= 0.3 is 46.7 Å². The summed E-state index contributed by atoms with van der Waals surface area (Å²) in [6.07, 6.45) is 0.804. The summed E-state index contributed by atoms with van der Waals surface area (Å²) in [4.78, 5) is 160. The van der Waals surface area contributed by atoms with Crippen LogP contribution < -0.4 is 50.7 Å². The number of esters is 2. The van der Waals surface area contributed by atoms with E-state index in [-0.39, 0.29) is 33.1 Å². The smallest absolute Gasteiger partial charge is 0.442 e. The molecule has 0 radical (unpaired) electrons. The highest BCUT2D eigenvalue weighted by Gasteiger charge is 2.62. The van der Waals surface area contributed by atoms with Gasteiger partial charge in [-0.05, 0) is 181 Å². The number of hydrogen-bond acceptors (Lipinski definition) is 30. The Bertz CT molecular complexity index is 5840. The van der Waals surface area contributed by atoms with Crippen molar-refractivity contribution >= 4 is 115 Å². The average Bonchev–Trinajstić information content (AvgIpc) is 1.09. The number of alkyl carbamates (subject to hydrolysis) is 2. The molecule has 6 aromatic carbocycles. The number of oxime groups is 2. The number of thiazole rings is 2. The van der Waals surface area contributed by atoms with E-state index >= 15 is 0 Å². The Hall–Kier alpha value is -14.7. The first-order chi connectivity index (χ1) is 66.5. The van der Waals surface area contributed by atoms with Crippen molar-refractivity contribution < 1.29 is 122 Å². The van der Waals surface area contributed by atoms with E-state index in [0.717, 1.165) is 44.9 Å². The van der Waals surface area contributed by atoms with Crippen molar-refractivity contribution in [3.05, 3.63) is 239 Å². The minimum absolute atomic E-state index is 0.0871. The summed E-state index contributed by atoms with van der Waals surface area (Å²) in [5.74, 6) is -6.22. The number of nitrogens with zero attached hydrogens (tertiary/aromatic N) is 10. The zero-order valence-corrected chi connectivity index (χ0v) is 83.7. The number of carbonyl (C=O) groups excluding carboxylic acids is 10. The fourth-order valence-electron chi connectivity index (χ4n) is 14.2. The van der Waals surface area contributed by atoms with E-state index in [9.17, 15) is 56.4 Å². The van der Waals surface area contributed by atoms with Gasteiger partial charge in [-0.2, -0.15) is 27.9 Å². The van der Waals surface area contributed by atoms with Crippen molar-refractivity contribution in [1.82, 2.24) is 50.7 Å². The predicted octanol–water partition coefficient (Wildman–Crippen LogP) is 12.7. The monoisotopic (exact) mass is 2000 g/mol. The van der Waals surface area contributed by atoms with Gasteiger partial charge in [0.2, 0.25) is 24.6 Å². The largest absolute Gasteiger partial charge is 0.475 e. The molecule has 0 spiro atoms. The first-order valence-corrected chi connectivity index (χ1v) is 48.1. The van der Waals surface area contributed by atoms with E-state index in [0.29, 0.717) is 71.4 Å². The van der Waals surface area contributed by atoms with Gasteiger partial charge in [0.25, 0.3) is 23.6 Å².